The number of carbonyl (C=O) groups is 3. The number of hydrogen-bond acceptors (Lipinski definition) is 6. The van der Waals surface area contributed by atoms with Gasteiger partial charge in [-0.05, 0) is 38.5 Å². The molecule has 0 radical (unpaired) electrons. The number of esters is 1. The van der Waals surface area contributed by atoms with Crippen molar-refractivity contribution in [2.75, 3.05) is 18.2 Å². The topological polar surface area (TPSA) is 84.9 Å². The van der Waals surface area contributed by atoms with E-state index in [1.807, 2.05) is 6.92 Å². The van der Waals surface area contributed by atoms with Crippen molar-refractivity contribution < 1.29 is 23.9 Å². The first-order chi connectivity index (χ1) is 12.7. The van der Waals surface area contributed by atoms with Crippen LogP contribution in [0.2, 0.25) is 5.02 Å². The summed E-state index contributed by atoms with van der Waals surface area (Å²) in [4.78, 5) is 38.2. The number of nitrogens with zero attached hydrogens (tertiary/aromatic N) is 1. The van der Waals surface area contributed by atoms with E-state index in [0.29, 0.717) is 35.1 Å². The minimum absolute atomic E-state index is 0.0468. The first kappa shape index (κ1) is 19.8. The molecule has 0 aliphatic carbocycles. The van der Waals surface area contributed by atoms with Crippen molar-refractivity contribution in [3.05, 3.63) is 23.2 Å². The highest BCUT2D eigenvalue weighted by atomic mass is 35.5. The average molecular weight is 413 g/mol. The molecule has 1 aromatic rings. The predicted molar refractivity (Wildman–Crippen MR) is 103 cm³/mol. The number of rotatable bonds is 5. The maximum absolute atomic E-state index is 12.5. The van der Waals surface area contributed by atoms with Crippen LogP contribution >= 0.6 is 23.4 Å². The Bertz CT molecular complexity index is 789. The van der Waals surface area contributed by atoms with Gasteiger partial charge in [-0.15, -0.1) is 11.8 Å². The van der Waals surface area contributed by atoms with Crippen molar-refractivity contribution in [2.24, 2.45) is 0 Å². The quantitative estimate of drug-likeness (QED) is 0.748. The zero-order valence-corrected chi connectivity index (χ0v) is 16.9. The van der Waals surface area contributed by atoms with Gasteiger partial charge in [-0.1, -0.05) is 11.6 Å². The summed E-state index contributed by atoms with van der Waals surface area (Å²) in [6.45, 7) is 3.45. The summed E-state index contributed by atoms with van der Waals surface area (Å²) in [6.07, 6.45) is 0.142. The van der Waals surface area contributed by atoms with Crippen LogP contribution in [0.3, 0.4) is 0 Å². The van der Waals surface area contributed by atoms with Crippen LogP contribution in [0, 0.1) is 0 Å². The minimum Gasteiger partial charge on any atom is -0.495 e. The second-order valence-corrected chi connectivity index (χ2v) is 8.59. The molecule has 0 spiro atoms. The molecule has 0 bridgehead atoms. The van der Waals surface area contributed by atoms with E-state index in [0.717, 1.165) is 0 Å². The molecule has 2 heterocycles. The SMILES string of the molecule is COc1ccc(NC(=O)[C@H](C)OC(=O)[C@@H]2CS[C@@]3(C)CCC(=O)N23)cc1Cl. The zero-order chi connectivity index (χ0) is 19.8. The van der Waals surface area contributed by atoms with Gasteiger partial charge in [-0.2, -0.15) is 0 Å². The summed E-state index contributed by atoms with van der Waals surface area (Å²) < 4.78 is 10.4. The molecule has 2 saturated heterocycles. The normalized spacial score (nSPS) is 25.1. The van der Waals surface area contributed by atoms with Crippen LogP contribution in [-0.2, 0) is 19.1 Å². The molecule has 3 rings (SSSR count). The third kappa shape index (κ3) is 3.87. The van der Waals surface area contributed by atoms with Gasteiger partial charge in [-0.3, -0.25) is 9.59 Å². The number of nitrogens with one attached hydrogen (secondary N) is 1. The highest BCUT2D eigenvalue weighted by Gasteiger charge is 2.53. The van der Waals surface area contributed by atoms with Crippen molar-refractivity contribution in [3.63, 3.8) is 0 Å². The molecule has 0 unspecified atom stereocenters. The Morgan fingerprint density at radius 3 is 2.85 bits per heavy atom. The number of thioether (sulfide) groups is 1. The predicted octanol–water partition coefficient (Wildman–Crippen LogP) is 2.67. The number of carbonyl (C=O) groups excluding carboxylic acids is 3. The lowest BCUT2D eigenvalue weighted by Crippen LogP contribution is -2.48. The number of benzene rings is 1. The van der Waals surface area contributed by atoms with Gasteiger partial charge in [0.2, 0.25) is 5.91 Å². The van der Waals surface area contributed by atoms with Crippen molar-refractivity contribution in [1.29, 1.82) is 0 Å². The fraction of sp³-hybridized carbons (Fsp3) is 0.500. The Labute approximate surface area is 166 Å². The van der Waals surface area contributed by atoms with E-state index in [9.17, 15) is 14.4 Å². The number of methoxy groups -OCH3 is 1. The minimum atomic E-state index is -1.01. The molecule has 9 heteroatoms. The fourth-order valence-electron chi connectivity index (χ4n) is 3.29. The van der Waals surface area contributed by atoms with Gasteiger partial charge in [0.25, 0.3) is 5.91 Å². The third-order valence-electron chi connectivity index (χ3n) is 4.80. The maximum atomic E-state index is 12.5. The van der Waals surface area contributed by atoms with Gasteiger partial charge in [0.1, 0.15) is 11.8 Å². The molecule has 0 saturated carbocycles. The summed E-state index contributed by atoms with van der Waals surface area (Å²) >= 11 is 7.62. The monoisotopic (exact) mass is 412 g/mol. The smallest absolute Gasteiger partial charge is 0.330 e. The maximum Gasteiger partial charge on any atom is 0.330 e. The molecular weight excluding hydrogens is 392 g/mol. The summed E-state index contributed by atoms with van der Waals surface area (Å²) in [6, 6.07) is 4.17. The van der Waals surface area contributed by atoms with Gasteiger partial charge in [-0.25, -0.2) is 4.79 Å². The molecule has 0 aromatic heterocycles. The lowest BCUT2D eigenvalue weighted by Gasteiger charge is -2.29. The van der Waals surface area contributed by atoms with Gasteiger partial charge < -0.3 is 19.7 Å². The molecule has 1 aromatic carbocycles. The van der Waals surface area contributed by atoms with Crippen LogP contribution in [0.15, 0.2) is 18.2 Å². The third-order valence-corrected chi connectivity index (χ3v) is 6.60. The first-order valence-corrected chi connectivity index (χ1v) is 9.92. The number of amides is 2. The number of hydrogen-bond donors (Lipinski definition) is 1. The lowest BCUT2D eigenvalue weighted by atomic mass is 10.2. The van der Waals surface area contributed by atoms with Crippen LogP contribution in [0.25, 0.3) is 0 Å². The van der Waals surface area contributed by atoms with Crippen LogP contribution < -0.4 is 10.1 Å². The lowest BCUT2D eigenvalue weighted by molar-refractivity contribution is -0.160. The molecule has 7 nitrogen and oxygen atoms in total. The van der Waals surface area contributed by atoms with Crippen molar-refractivity contribution in [3.8, 4) is 5.75 Å². The Balaban J connectivity index is 1.60. The Kier molecular flexibility index (Phi) is 5.58. The summed E-state index contributed by atoms with van der Waals surface area (Å²) in [5.74, 6) is -0.119. The average Bonchev–Trinajstić information content (AvgIpc) is 3.11. The van der Waals surface area contributed by atoms with E-state index in [1.54, 1.807) is 34.9 Å². The summed E-state index contributed by atoms with van der Waals surface area (Å²) in [7, 11) is 1.50. The highest BCUT2D eigenvalue weighted by Crippen LogP contribution is 2.47. The molecule has 27 heavy (non-hydrogen) atoms. The summed E-state index contributed by atoms with van der Waals surface area (Å²) in [5.41, 5.74) is 0.465. The van der Waals surface area contributed by atoms with Gasteiger partial charge in [0.15, 0.2) is 6.10 Å². The highest BCUT2D eigenvalue weighted by molar-refractivity contribution is 8.01. The first-order valence-electron chi connectivity index (χ1n) is 8.56. The van der Waals surface area contributed by atoms with E-state index >= 15 is 0 Å². The van der Waals surface area contributed by atoms with Crippen LogP contribution in [0.4, 0.5) is 5.69 Å². The van der Waals surface area contributed by atoms with Crippen molar-refractivity contribution >= 4 is 46.8 Å². The zero-order valence-electron chi connectivity index (χ0n) is 15.3. The molecule has 3 atom stereocenters. The largest absolute Gasteiger partial charge is 0.495 e. The van der Waals surface area contributed by atoms with Crippen LogP contribution in [-0.4, -0.2) is 52.6 Å². The standard InChI is InChI=1S/C18H21ClN2O5S/c1-10(16(23)20-11-4-5-14(25-3)12(19)8-11)26-17(24)13-9-27-18(2)7-6-15(22)21(13)18/h4-5,8,10,13H,6-7,9H2,1-3H3,(H,20,23)/t10-,13-,18-/m0/s1. The summed E-state index contributed by atoms with van der Waals surface area (Å²) in [5, 5.41) is 3.01. The molecule has 2 amide bonds. The Hall–Kier alpha value is -1.93. The number of halogens is 1. The molecule has 1 N–H and O–H groups in total. The van der Waals surface area contributed by atoms with E-state index in [4.69, 9.17) is 21.1 Å². The number of ether oxygens (including phenoxy) is 2. The molecular formula is C18H21ClN2O5S. The Morgan fingerprint density at radius 1 is 1.44 bits per heavy atom. The van der Waals surface area contributed by atoms with Crippen LogP contribution in [0.1, 0.15) is 26.7 Å². The van der Waals surface area contributed by atoms with E-state index in [1.165, 1.54) is 14.0 Å². The van der Waals surface area contributed by atoms with Gasteiger partial charge >= 0.3 is 5.97 Å². The molecule has 2 aliphatic heterocycles. The van der Waals surface area contributed by atoms with Crippen molar-refractivity contribution in [2.45, 2.75) is 43.7 Å². The van der Waals surface area contributed by atoms with Crippen molar-refractivity contribution in [1.82, 2.24) is 4.90 Å². The number of anilines is 1. The van der Waals surface area contributed by atoms with E-state index < -0.39 is 24.0 Å². The van der Waals surface area contributed by atoms with Gasteiger partial charge in [0, 0.05) is 17.9 Å². The fourth-order valence-corrected chi connectivity index (χ4v) is 4.96. The number of fused-ring (bicyclic) bond motifs is 1. The molecule has 2 fully saturated rings. The van der Waals surface area contributed by atoms with Crippen LogP contribution in [0.5, 0.6) is 5.75 Å². The van der Waals surface area contributed by atoms with Gasteiger partial charge in [0.05, 0.1) is 17.0 Å². The Morgan fingerprint density at radius 2 is 2.19 bits per heavy atom. The molecule has 2 aliphatic rings. The van der Waals surface area contributed by atoms with E-state index in [-0.39, 0.29) is 10.8 Å². The van der Waals surface area contributed by atoms with E-state index in [2.05, 4.69) is 5.32 Å². The second-order valence-electron chi connectivity index (χ2n) is 6.68. The second kappa shape index (κ2) is 7.59. The molecule has 146 valence electrons.